The predicted octanol–water partition coefficient (Wildman–Crippen LogP) is 2.93. The van der Waals surface area contributed by atoms with Gasteiger partial charge < -0.3 is 10.6 Å². The molecule has 4 rings (SSSR count). The zero-order valence-corrected chi connectivity index (χ0v) is 16.3. The Labute approximate surface area is 162 Å². The molecule has 27 heavy (non-hydrogen) atoms. The second-order valence-electron chi connectivity index (χ2n) is 6.76. The number of carbonyl (C=O) groups excluding carboxylic acids is 1. The van der Waals surface area contributed by atoms with Crippen molar-refractivity contribution in [1.82, 2.24) is 0 Å². The molecule has 1 amide bonds. The number of amides is 1. The number of carbonyl (C=O) groups is 1. The molecule has 140 valence electrons. The van der Waals surface area contributed by atoms with Crippen LogP contribution in [-0.4, -0.2) is 42.3 Å². The molecule has 2 aliphatic heterocycles. The molecule has 0 saturated carbocycles. The third-order valence-electron chi connectivity index (χ3n) is 4.53. The number of hydrogen-bond donors (Lipinski definition) is 2. The number of thioether (sulfide) groups is 1. The Balaban J connectivity index is 1.38. The van der Waals surface area contributed by atoms with Crippen LogP contribution in [0.3, 0.4) is 0 Å². The van der Waals surface area contributed by atoms with Crippen LogP contribution in [0.2, 0.25) is 0 Å². The highest BCUT2D eigenvalue weighted by Gasteiger charge is 2.42. The number of aryl methyl sites for hydroxylation is 1. The summed E-state index contributed by atoms with van der Waals surface area (Å²) in [5, 5.41) is 6.82. The van der Waals surface area contributed by atoms with E-state index < -0.39 is 9.84 Å². The summed E-state index contributed by atoms with van der Waals surface area (Å²) in [5.41, 5.74) is 3.27. The van der Waals surface area contributed by atoms with Crippen molar-refractivity contribution in [3.8, 4) is 0 Å². The van der Waals surface area contributed by atoms with Crippen LogP contribution in [0.15, 0.2) is 53.5 Å². The van der Waals surface area contributed by atoms with E-state index in [2.05, 4.69) is 15.6 Å². The van der Waals surface area contributed by atoms with Crippen molar-refractivity contribution in [1.29, 1.82) is 0 Å². The molecule has 2 aromatic carbocycles. The highest BCUT2D eigenvalue weighted by molar-refractivity contribution is 8.15. The number of sulfone groups is 1. The molecule has 6 nitrogen and oxygen atoms in total. The average molecular weight is 402 g/mol. The Morgan fingerprint density at radius 2 is 1.70 bits per heavy atom. The first-order valence-corrected chi connectivity index (χ1v) is 11.3. The van der Waals surface area contributed by atoms with Gasteiger partial charge in [-0.05, 0) is 43.3 Å². The normalized spacial score (nSPS) is 22.8. The third kappa shape index (κ3) is 4.17. The molecule has 2 aliphatic rings. The molecule has 8 heteroatoms. The second kappa shape index (κ2) is 7.01. The van der Waals surface area contributed by atoms with Crippen molar-refractivity contribution in [2.45, 2.75) is 18.2 Å². The maximum absolute atomic E-state index is 12.3. The monoisotopic (exact) mass is 401 g/mol. The van der Waals surface area contributed by atoms with Gasteiger partial charge in [0.05, 0.1) is 17.5 Å². The molecule has 1 saturated heterocycles. The van der Waals surface area contributed by atoms with Crippen LogP contribution in [0.4, 0.5) is 11.4 Å². The van der Waals surface area contributed by atoms with E-state index in [1.807, 2.05) is 43.3 Å². The lowest BCUT2D eigenvalue weighted by Crippen LogP contribution is -2.13. The van der Waals surface area contributed by atoms with Crippen LogP contribution in [0, 0.1) is 6.92 Å². The molecular formula is C19H19N3O3S2. The van der Waals surface area contributed by atoms with Crippen LogP contribution in [0.25, 0.3) is 0 Å². The Kier molecular flexibility index (Phi) is 4.69. The van der Waals surface area contributed by atoms with Crippen LogP contribution in [0.5, 0.6) is 0 Å². The maximum atomic E-state index is 12.3. The number of nitrogens with zero attached hydrogens (tertiary/aromatic N) is 1. The van der Waals surface area contributed by atoms with Gasteiger partial charge in [-0.3, -0.25) is 9.79 Å². The Morgan fingerprint density at radius 1 is 1.04 bits per heavy atom. The van der Waals surface area contributed by atoms with Gasteiger partial charge in [0, 0.05) is 22.2 Å². The van der Waals surface area contributed by atoms with Gasteiger partial charge in [0.1, 0.15) is 0 Å². The van der Waals surface area contributed by atoms with E-state index in [9.17, 15) is 13.2 Å². The summed E-state index contributed by atoms with van der Waals surface area (Å²) in [7, 11) is -2.95. The van der Waals surface area contributed by atoms with E-state index in [-0.39, 0.29) is 28.7 Å². The van der Waals surface area contributed by atoms with Crippen LogP contribution >= 0.6 is 11.8 Å². The summed E-state index contributed by atoms with van der Waals surface area (Å²) < 4.78 is 23.2. The number of rotatable bonds is 3. The third-order valence-corrected chi connectivity index (χ3v) is 7.67. The lowest BCUT2D eigenvalue weighted by atomic mass is 10.2. The van der Waals surface area contributed by atoms with E-state index in [1.165, 1.54) is 11.8 Å². The van der Waals surface area contributed by atoms with E-state index >= 15 is 0 Å². The Bertz CT molecular complexity index is 1000. The standard InChI is InChI=1S/C19H19N3O3S2/c1-12-2-6-14(7-3-12)20-18(23)13-4-8-15(9-5-13)21-19-22-16-10-27(24,25)11-17(16)26-19/h2-9,16-17H,10-11H2,1H3,(H,20,23)(H,21,22)/t16-,17+/m1/s1. The van der Waals surface area contributed by atoms with Crippen LogP contribution in [-0.2, 0) is 9.84 Å². The largest absolute Gasteiger partial charge is 0.335 e. The zero-order chi connectivity index (χ0) is 19.0. The number of amidine groups is 1. The van der Waals surface area contributed by atoms with Gasteiger partial charge in [0.2, 0.25) is 0 Å². The van der Waals surface area contributed by atoms with E-state index in [4.69, 9.17) is 0 Å². The first-order valence-electron chi connectivity index (χ1n) is 8.58. The van der Waals surface area contributed by atoms with Crippen molar-refractivity contribution in [3.05, 3.63) is 59.7 Å². The molecule has 2 atom stereocenters. The lowest BCUT2D eigenvalue weighted by Gasteiger charge is -2.09. The highest BCUT2D eigenvalue weighted by Crippen LogP contribution is 2.34. The van der Waals surface area contributed by atoms with Crippen molar-refractivity contribution in [2.24, 2.45) is 4.99 Å². The summed E-state index contributed by atoms with van der Waals surface area (Å²) >= 11 is 1.47. The number of anilines is 2. The quantitative estimate of drug-likeness (QED) is 0.826. The number of hydrogen-bond acceptors (Lipinski definition) is 6. The minimum absolute atomic E-state index is 0.0112. The fourth-order valence-electron chi connectivity index (χ4n) is 3.08. The molecule has 0 aromatic heterocycles. The highest BCUT2D eigenvalue weighted by atomic mass is 32.2. The minimum atomic E-state index is -2.95. The van der Waals surface area contributed by atoms with Crippen molar-refractivity contribution in [3.63, 3.8) is 0 Å². The molecule has 1 fully saturated rings. The first-order chi connectivity index (χ1) is 12.9. The lowest BCUT2D eigenvalue weighted by molar-refractivity contribution is 0.102. The van der Waals surface area contributed by atoms with Gasteiger partial charge in [-0.1, -0.05) is 29.5 Å². The molecule has 0 unspecified atom stereocenters. The molecule has 0 radical (unpaired) electrons. The summed E-state index contributed by atoms with van der Waals surface area (Å²) in [4.78, 5) is 16.8. The van der Waals surface area contributed by atoms with Crippen molar-refractivity contribution in [2.75, 3.05) is 22.1 Å². The average Bonchev–Trinajstić information content (AvgIpc) is 3.10. The van der Waals surface area contributed by atoms with Gasteiger partial charge >= 0.3 is 0 Å². The smallest absolute Gasteiger partial charge is 0.255 e. The molecule has 0 spiro atoms. The van der Waals surface area contributed by atoms with E-state index in [0.29, 0.717) is 5.56 Å². The molecule has 0 aliphatic carbocycles. The van der Waals surface area contributed by atoms with Gasteiger partial charge in [0.25, 0.3) is 5.91 Å². The fraction of sp³-hybridized carbons (Fsp3) is 0.263. The van der Waals surface area contributed by atoms with E-state index in [0.717, 1.165) is 22.1 Å². The number of nitrogens with one attached hydrogen (secondary N) is 2. The topological polar surface area (TPSA) is 87.6 Å². The maximum Gasteiger partial charge on any atom is 0.255 e. The van der Waals surface area contributed by atoms with Gasteiger partial charge in [-0.2, -0.15) is 0 Å². The van der Waals surface area contributed by atoms with Crippen molar-refractivity contribution < 1.29 is 13.2 Å². The Morgan fingerprint density at radius 3 is 2.37 bits per heavy atom. The van der Waals surface area contributed by atoms with E-state index in [1.54, 1.807) is 12.1 Å². The van der Waals surface area contributed by atoms with Crippen molar-refractivity contribution >= 4 is 44.0 Å². The molecule has 2 N–H and O–H groups in total. The van der Waals surface area contributed by atoms with Gasteiger partial charge in [-0.15, -0.1) is 0 Å². The molecule has 2 heterocycles. The minimum Gasteiger partial charge on any atom is -0.335 e. The summed E-state index contributed by atoms with van der Waals surface area (Å²) in [5.74, 6) is 0.154. The Hall–Kier alpha value is -2.32. The molecule has 2 aromatic rings. The second-order valence-corrected chi connectivity index (χ2v) is 10.1. The summed E-state index contributed by atoms with van der Waals surface area (Å²) in [6, 6.07) is 14.6. The predicted molar refractivity (Wildman–Crippen MR) is 110 cm³/mol. The number of benzene rings is 2. The molecule has 0 bridgehead atoms. The fourth-order valence-corrected chi connectivity index (χ4v) is 6.76. The number of fused-ring (bicyclic) bond motifs is 1. The SMILES string of the molecule is Cc1ccc(NC(=O)c2ccc(NC3=N[C@@H]4CS(=O)(=O)C[C@@H]4S3)cc2)cc1. The zero-order valence-electron chi connectivity index (χ0n) is 14.7. The summed E-state index contributed by atoms with van der Waals surface area (Å²) in [6.45, 7) is 2.00. The van der Waals surface area contributed by atoms with Gasteiger partial charge in [-0.25, -0.2) is 8.42 Å². The molecular weight excluding hydrogens is 382 g/mol. The summed E-state index contributed by atoms with van der Waals surface area (Å²) in [6.07, 6.45) is 0. The van der Waals surface area contributed by atoms with Gasteiger partial charge in [0.15, 0.2) is 15.0 Å². The van der Waals surface area contributed by atoms with Crippen LogP contribution < -0.4 is 10.6 Å². The van der Waals surface area contributed by atoms with Crippen LogP contribution in [0.1, 0.15) is 15.9 Å². The number of aliphatic imine (C=N–C) groups is 1. The first kappa shape index (κ1) is 18.1.